The van der Waals surface area contributed by atoms with Crippen LogP contribution in [0.5, 0.6) is 0 Å². The number of aromatic nitrogens is 2. The number of carbonyl (C=O) groups excluding carboxylic acids is 2. The molecule has 0 aliphatic carbocycles. The van der Waals surface area contributed by atoms with E-state index in [0.29, 0.717) is 23.6 Å². The van der Waals surface area contributed by atoms with Gasteiger partial charge in [0, 0.05) is 43.0 Å². The van der Waals surface area contributed by atoms with Crippen LogP contribution in [0.2, 0.25) is 0 Å². The summed E-state index contributed by atoms with van der Waals surface area (Å²) in [5.74, 6) is 0.0576. The fraction of sp³-hybridized carbons (Fsp3) is 0.318. The highest BCUT2D eigenvalue weighted by atomic mass is 16.6. The Labute approximate surface area is 180 Å². The van der Waals surface area contributed by atoms with E-state index in [1.807, 2.05) is 31.2 Å². The third-order valence-electron chi connectivity index (χ3n) is 4.93. The van der Waals surface area contributed by atoms with Crippen molar-refractivity contribution >= 4 is 28.8 Å². The van der Waals surface area contributed by atoms with Crippen molar-refractivity contribution in [3.8, 4) is 0 Å². The number of nitrogens with zero attached hydrogens (tertiary/aromatic N) is 2. The molecule has 2 heterocycles. The van der Waals surface area contributed by atoms with Crippen LogP contribution in [-0.4, -0.2) is 48.1 Å². The molecule has 0 aliphatic rings. The van der Waals surface area contributed by atoms with Crippen LogP contribution in [-0.2, 0) is 9.57 Å². The molecule has 1 atom stereocenters. The van der Waals surface area contributed by atoms with E-state index in [9.17, 15) is 9.59 Å². The Bertz CT molecular complexity index is 1110. The van der Waals surface area contributed by atoms with Crippen molar-refractivity contribution in [2.45, 2.75) is 26.8 Å². The van der Waals surface area contributed by atoms with Gasteiger partial charge in [0.2, 0.25) is 0 Å². The lowest BCUT2D eigenvalue weighted by molar-refractivity contribution is 0.0537. The molecule has 0 aliphatic heterocycles. The molecule has 0 saturated heterocycles. The number of hydrogen-bond acceptors (Lipinski definition) is 6. The quantitative estimate of drug-likeness (QED) is 0.479. The largest absolute Gasteiger partial charge is 0.383 e. The first-order valence-corrected chi connectivity index (χ1v) is 9.82. The number of benzene rings is 1. The standard InChI is InChI=1S/C22H27N5O4/c1-13-6-7-16(21(28)26-31-5)10-18(13)25-20-19-15(3)17(11-27(19)9-8-23-20)22(29)24-14(2)12-30-4/h6-11,14H,12H2,1-5H3,(H,23,25)(H,24,29)(H,26,28). The van der Waals surface area contributed by atoms with Crippen LogP contribution in [0.25, 0.3) is 5.52 Å². The normalized spacial score (nSPS) is 11.9. The van der Waals surface area contributed by atoms with Crippen LogP contribution in [0, 0.1) is 13.8 Å². The highest BCUT2D eigenvalue weighted by Gasteiger charge is 2.19. The summed E-state index contributed by atoms with van der Waals surface area (Å²) in [6.45, 7) is 6.13. The number of fused-ring (bicyclic) bond motifs is 1. The third kappa shape index (κ3) is 4.84. The molecule has 2 aromatic heterocycles. The Morgan fingerprint density at radius 1 is 1.19 bits per heavy atom. The maximum Gasteiger partial charge on any atom is 0.274 e. The summed E-state index contributed by atoms with van der Waals surface area (Å²) in [5, 5.41) is 6.24. The van der Waals surface area contributed by atoms with Gasteiger partial charge in [-0.05, 0) is 44.0 Å². The summed E-state index contributed by atoms with van der Waals surface area (Å²) in [7, 11) is 2.98. The van der Waals surface area contributed by atoms with Crippen molar-refractivity contribution in [2.75, 3.05) is 26.1 Å². The number of nitrogens with one attached hydrogen (secondary N) is 3. The van der Waals surface area contributed by atoms with E-state index in [1.54, 1.807) is 37.8 Å². The van der Waals surface area contributed by atoms with Crippen molar-refractivity contribution in [3.63, 3.8) is 0 Å². The van der Waals surface area contributed by atoms with Gasteiger partial charge in [-0.2, -0.15) is 0 Å². The minimum Gasteiger partial charge on any atom is -0.383 e. The highest BCUT2D eigenvalue weighted by molar-refractivity contribution is 5.99. The van der Waals surface area contributed by atoms with Gasteiger partial charge in [-0.25, -0.2) is 10.5 Å². The van der Waals surface area contributed by atoms with Crippen molar-refractivity contribution in [1.29, 1.82) is 0 Å². The lowest BCUT2D eigenvalue weighted by atomic mass is 10.1. The van der Waals surface area contributed by atoms with Gasteiger partial charge in [0.25, 0.3) is 11.8 Å². The molecule has 0 radical (unpaired) electrons. The number of hydroxylamine groups is 1. The van der Waals surface area contributed by atoms with Gasteiger partial charge in [-0.15, -0.1) is 0 Å². The summed E-state index contributed by atoms with van der Waals surface area (Å²) in [6.07, 6.45) is 5.22. The molecule has 31 heavy (non-hydrogen) atoms. The first-order chi connectivity index (χ1) is 14.8. The Kier molecular flexibility index (Phi) is 6.88. The van der Waals surface area contributed by atoms with E-state index in [-0.39, 0.29) is 17.9 Å². The van der Waals surface area contributed by atoms with Crippen LogP contribution in [0.15, 0.2) is 36.8 Å². The average Bonchev–Trinajstić information content (AvgIpc) is 3.07. The average molecular weight is 425 g/mol. The number of rotatable bonds is 8. The van der Waals surface area contributed by atoms with E-state index in [0.717, 1.165) is 22.3 Å². The molecule has 2 amide bonds. The zero-order chi connectivity index (χ0) is 22.5. The number of ether oxygens (including phenoxy) is 1. The summed E-state index contributed by atoms with van der Waals surface area (Å²) in [4.78, 5) is 34.0. The Balaban J connectivity index is 1.96. The van der Waals surface area contributed by atoms with Gasteiger partial charge in [-0.3, -0.25) is 14.4 Å². The Morgan fingerprint density at radius 2 is 1.97 bits per heavy atom. The van der Waals surface area contributed by atoms with Crippen LogP contribution in [0.3, 0.4) is 0 Å². The highest BCUT2D eigenvalue weighted by Crippen LogP contribution is 2.28. The molecule has 0 fully saturated rings. The topological polar surface area (TPSA) is 106 Å². The second-order valence-corrected chi connectivity index (χ2v) is 7.32. The van der Waals surface area contributed by atoms with Gasteiger partial charge in [0.1, 0.15) is 0 Å². The lowest BCUT2D eigenvalue weighted by Crippen LogP contribution is -2.35. The smallest absolute Gasteiger partial charge is 0.274 e. The number of amides is 2. The molecule has 0 saturated carbocycles. The molecule has 3 rings (SSSR count). The van der Waals surface area contributed by atoms with Crippen molar-refractivity contribution in [1.82, 2.24) is 20.2 Å². The summed E-state index contributed by atoms with van der Waals surface area (Å²) in [5.41, 5.74) is 6.55. The molecule has 9 nitrogen and oxygen atoms in total. The minimum absolute atomic E-state index is 0.112. The zero-order valence-electron chi connectivity index (χ0n) is 18.3. The van der Waals surface area contributed by atoms with Crippen molar-refractivity contribution in [3.05, 3.63) is 59.0 Å². The SMILES string of the molecule is COCC(C)NC(=O)c1cn2ccnc(Nc3cc(C(=O)NOC)ccc3C)c2c1C. The van der Waals surface area contributed by atoms with Crippen molar-refractivity contribution < 1.29 is 19.2 Å². The molecule has 1 aromatic carbocycles. The van der Waals surface area contributed by atoms with Crippen molar-refractivity contribution in [2.24, 2.45) is 0 Å². The summed E-state index contributed by atoms with van der Waals surface area (Å²) < 4.78 is 6.95. The number of anilines is 2. The molecule has 1 unspecified atom stereocenters. The number of aryl methyl sites for hydroxylation is 2. The molecule has 0 bridgehead atoms. The van der Waals surface area contributed by atoms with E-state index in [1.165, 1.54) is 7.11 Å². The monoisotopic (exact) mass is 425 g/mol. The maximum atomic E-state index is 12.7. The molecular weight excluding hydrogens is 398 g/mol. The molecule has 9 heteroatoms. The van der Waals surface area contributed by atoms with Gasteiger partial charge < -0.3 is 19.8 Å². The maximum absolute atomic E-state index is 12.7. The first-order valence-electron chi connectivity index (χ1n) is 9.82. The second kappa shape index (κ2) is 9.59. The van der Waals surface area contributed by atoms with E-state index >= 15 is 0 Å². The third-order valence-corrected chi connectivity index (χ3v) is 4.93. The lowest BCUT2D eigenvalue weighted by Gasteiger charge is -2.13. The van der Waals surface area contributed by atoms with Gasteiger partial charge in [0.15, 0.2) is 5.82 Å². The van der Waals surface area contributed by atoms with Crippen LogP contribution in [0.4, 0.5) is 11.5 Å². The molecule has 3 N–H and O–H groups in total. The minimum atomic E-state index is -0.347. The van der Waals surface area contributed by atoms with Crippen LogP contribution < -0.4 is 16.1 Å². The fourth-order valence-electron chi connectivity index (χ4n) is 3.37. The number of methoxy groups -OCH3 is 1. The predicted molar refractivity (Wildman–Crippen MR) is 118 cm³/mol. The van der Waals surface area contributed by atoms with Crippen LogP contribution >= 0.6 is 0 Å². The molecule has 0 spiro atoms. The first kappa shape index (κ1) is 22.3. The van der Waals surface area contributed by atoms with Gasteiger partial charge >= 0.3 is 0 Å². The summed E-state index contributed by atoms with van der Waals surface area (Å²) in [6, 6.07) is 5.18. The van der Waals surface area contributed by atoms with Crippen LogP contribution in [0.1, 0.15) is 38.8 Å². The number of hydrogen-bond donors (Lipinski definition) is 3. The van der Waals surface area contributed by atoms with E-state index < -0.39 is 0 Å². The Morgan fingerprint density at radius 3 is 2.68 bits per heavy atom. The number of carbonyl (C=O) groups is 2. The zero-order valence-corrected chi connectivity index (χ0v) is 18.3. The second-order valence-electron chi connectivity index (χ2n) is 7.32. The summed E-state index contributed by atoms with van der Waals surface area (Å²) >= 11 is 0. The van der Waals surface area contributed by atoms with E-state index in [2.05, 4.69) is 21.1 Å². The van der Waals surface area contributed by atoms with Gasteiger partial charge in [0.05, 0.1) is 24.8 Å². The fourth-order valence-corrected chi connectivity index (χ4v) is 3.37. The predicted octanol–water partition coefficient (Wildman–Crippen LogP) is 2.75. The molecule has 3 aromatic rings. The Hall–Kier alpha value is -3.43. The van der Waals surface area contributed by atoms with Gasteiger partial charge in [-0.1, -0.05) is 6.07 Å². The van der Waals surface area contributed by atoms with E-state index in [4.69, 9.17) is 9.57 Å². The molecular formula is C22H27N5O4. The molecule has 164 valence electrons.